The van der Waals surface area contributed by atoms with Crippen molar-refractivity contribution in [1.29, 1.82) is 0 Å². The third-order valence-electron chi connectivity index (χ3n) is 2.84. The summed E-state index contributed by atoms with van der Waals surface area (Å²) >= 11 is 0. The monoisotopic (exact) mass is 196 g/mol. The zero-order valence-corrected chi connectivity index (χ0v) is 9.34. The molecule has 1 rings (SSSR count). The fourth-order valence-corrected chi connectivity index (χ4v) is 1.71. The summed E-state index contributed by atoms with van der Waals surface area (Å²) in [5.41, 5.74) is 0.329. The molecule has 0 aromatic rings. The minimum absolute atomic E-state index is 0.0424. The van der Waals surface area contributed by atoms with Crippen molar-refractivity contribution in [3.05, 3.63) is 0 Å². The lowest BCUT2D eigenvalue weighted by molar-refractivity contribution is -0.0201. The van der Waals surface area contributed by atoms with Gasteiger partial charge in [-0.2, -0.15) is 0 Å². The van der Waals surface area contributed by atoms with Gasteiger partial charge in [0, 0.05) is 0 Å². The van der Waals surface area contributed by atoms with Gasteiger partial charge in [-0.25, -0.2) is 0 Å². The minimum atomic E-state index is -0.0669. The molecule has 0 spiro atoms. The van der Waals surface area contributed by atoms with E-state index in [1.165, 1.54) is 6.42 Å². The second-order valence-electron chi connectivity index (χ2n) is 4.94. The number of hydrogen-bond donors (Lipinski definition) is 1. The number of ether oxygens (including phenoxy) is 1. The lowest BCUT2D eigenvalue weighted by Gasteiger charge is -2.35. The van der Waals surface area contributed by atoms with E-state index >= 15 is 0 Å². The molecule has 0 saturated carbocycles. The van der Waals surface area contributed by atoms with Crippen LogP contribution in [0.2, 0.25) is 0 Å². The molecule has 1 aliphatic heterocycles. The van der Waals surface area contributed by atoms with E-state index < -0.39 is 0 Å². The molecule has 0 radical (unpaired) electrons. The Morgan fingerprint density at radius 2 is 2.07 bits per heavy atom. The topological polar surface area (TPSA) is 29.5 Å². The van der Waals surface area contributed by atoms with E-state index in [1.54, 1.807) is 0 Å². The van der Waals surface area contributed by atoms with Gasteiger partial charge in [0.25, 0.3) is 0 Å². The summed E-state index contributed by atoms with van der Waals surface area (Å²) in [6, 6.07) is 0. The Hall–Kier alpha value is -0.520. The quantitative estimate of drug-likeness (QED) is 0.599. The molecule has 1 aliphatic rings. The Balaban J connectivity index is 2.39. The molecule has 0 unspecified atom stereocenters. The van der Waals surface area contributed by atoms with Crippen molar-refractivity contribution in [2.24, 2.45) is 11.3 Å². The highest BCUT2D eigenvalue weighted by Crippen LogP contribution is 2.33. The average Bonchev–Trinajstić information content (AvgIpc) is 2.14. The predicted octanol–water partition coefficient (Wildman–Crippen LogP) is 1.82. The first-order valence-corrected chi connectivity index (χ1v) is 5.25. The third-order valence-corrected chi connectivity index (χ3v) is 2.84. The third kappa shape index (κ3) is 3.32. The highest BCUT2D eigenvalue weighted by atomic mass is 16.5. The minimum Gasteiger partial charge on any atom is -0.384 e. The van der Waals surface area contributed by atoms with Crippen LogP contribution in [0.4, 0.5) is 0 Å². The van der Waals surface area contributed by atoms with E-state index in [9.17, 15) is 0 Å². The summed E-state index contributed by atoms with van der Waals surface area (Å²) < 4.78 is 5.63. The molecule has 80 valence electrons. The fourth-order valence-electron chi connectivity index (χ4n) is 1.71. The van der Waals surface area contributed by atoms with E-state index in [-0.39, 0.29) is 12.7 Å². The Bertz CT molecular complexity index is 221. The van der Waals surface area contributed by atoms with Crippen molar-refractivity contribution in [3.8, 4) is 11.8 Å². The highest BCUT2D eigenvalue weighted by Gasteiger charge is 2.29. The van der Waals surface area contributed by atoms with Gasteiger partial charge in [0.1, 0.15) is 12.7 Å². The van der Waals surface area contributed by atoms with Crippen LogP contribution >= 0.6 is 0 Å². The molecular weight excluding hydrogens is 176 g/mol. The van der Waals surface area contributed by atoms with Gasteiger partial charge < -0.3 is 9.84 Å². The smallest absolute Gasteiger partial charge is 0.118 e. The molecule has 2 nitrogen and oxygen atoms in total. The van der Waals surface area contributed by atoms with E-state index in [0.717, 1.165) is 13.0 Å². The Kier molecular flexibility index (Phi) is 3.97. The standard InChI is InChI=1S/C12H20O2/c1-12(2,3)10-6-7-11(14-9-10)5-4-8-13/h10-11,13H,6-9H2,1-3H3/t10-,11+/m1/s1. The van der Waals surface area contributed by atoms with Gasteiger partial charge in [0.15, 0.2) is 0 Å². The van der Waals surface area contributed by atoms with E-state index in [0.29, 0.717) is 11.3 Å². The van der Waals surface area contributed by atoms with Gasteiger partial charge in [0.2, 0.25) is 0 Å². The maximum absolute atomic E-state index is 8.55. The molecule has 2 heteroatoms. The normalized spacial score (nSPS) is 28.0. The van der Waals surface area contributed by atoms with E-state index in [1.807, 2.05) is 0 Å². The van der Waals surface area contributed by atoms with Crippen molar-refractivity contribution < 1.29 is 9.84 Å². The highest BCUT2D eigenvalue weighted by molar-refractivity contribution is 5.06. The first-order chi connectivity index (χ1) is 6.54. The van der Waals surface area contributed by atoms with Gasteiger partial charge in [-0.15, -0.1) is 0 Å². The molecule has 0 aromatic heterocycles. The van der Waals surface area contributed by atoms with Crippen molar-refractivity contribution >= 4 is 0 Å². The molecule has 1 N–H and O–H groups in total. The maximum Gasteiger partial charge on any atom is 0.118 e. The van der Waals surface area contributed by atoms with Crippen molar-refractivity contribution in [3.63, 3.8) is 0 Å². The molecule has 1 heterocycles. The fraction of sp³-hybridized carbons (Fsp3) is 0.833. The summed E-state index contributed by atoms with van der Waals surface area (Å²) in [4.78, 5) is 0. The second kappa shape index (κ2) is 4.82. The van der Waals surface area contributed by atoms with Crippen LogP contribution in [0, 0.1) is 23.2 Å². The summed E-state index contributed by atoms with van der Waals surface area (Å²) in [6.07, 6.45) is 2.21. The molecule has 0 aromatic carbocycles. The summed E-state index contributed by atoms with van der Waals surface area (Å²) in [7, 11) is 0. The van der Waals surface area contributed by atoms with Gasteiger partial charge in [-0.05, 0) is 24.2 Å². The van der Waals surface area contributed by atoms with Gasteiger partial charge in [-0.1, -0.05) is 32.6 Å². The van der Waals surface area contributed by atoms with Gasteiger partial charge in [0.05, 0.1) is 6.61 Å². The van der Waals surface area contributed by atoms with Crippen LogP contribution in [0.5, 0.6) is 0 Å². The second-order valence-corrected chi connectivity index (χ2v) is 4.94. The first kappa shape index (κ1) is 11.6. The summed E-state index contributed by atoms with van der Waals surface area (Å²) in [5, 5.41) is 8.55. The van der Waals surface area contributed by atoms with Crippen molar-refractivity contribution in [2.75, 3.05) is 13.2 Å². The Labute approximate surface area is 86.7 Å². The van der Waals surface area contributed by atoms with Crippen LogP contribution in [0.15, 0.2) is 0 Å². The molecule has 14 heavy (non-hydrogen) atoms. The van der Waals surface area contributed by atoms with Crippen LogP contribution in [0.1, 0.15) is 33.6 Å². The number of hydrogen-bond acceptors (Lipinski definition) is 2. The van der Waals surface area contributed by atoms with Crippen LogP contribution < -0.4 is 0 Å². The van der Waals surface area contributed by atoms with Gasteiger partial charge >= 0.3 is 0 Å². The summed E-state index contributed by atoms with van der Waals surface area (Å²) in [5.74, 6) is 6.21. The van der Waals surface area contributed by atoms with Crippen LogP contribution in [-0.4, -0.2) is 24.4 Å². The van der Waals surface area contributed by atoms with Crippen LogP contribution in [0.3, 0.4) is 0 Å². The number of rotatable bonds is 0. The zero-order valence-electron chi connectivity index (χ0n) is 9.34. The largest absolute Gasteiger partial charge is 0.384 e. The molecule has 0 amide bonds. The number of aliphatic hydroxyl groups excluding tert-OH is 1. The van der Waals surface area contributed by atoms with Crippen molar-refractivity contribution in [2.45, 2.75) is 39.7 Å². The van der Waals surface area contributed by atoms with E-state index in [2.05, 4.69) is 32.6 Å². The predicted molar refractivity (Wildman–Crippen MR) is 56.8 cm³/mol. The van der Waals surface area contributed by atoms with Gasteiger partial charge in [-0.3, -0.25) is 0 Å². The van der Waals surface area contributed by atoms with E-state index in [4.69, 9.17) is 9.84 Å². The zero-order chi connectivity index (χ0) is 10.6. The lowest BCUT2D eigenvalue weighted by Crippen LogP contribution is -2.32. The Morgan fingerprint density at radius 3 is 2.50 bits per heavy atom. The first-order valence-electron chi connectivity index (χ1n) is 5.25. The average molecular weight is 196 g/mol. The number of aliphatic hydroxyl groups is 1. The molecule has 0 aliphatic carbocycles. The molecular formula is C12H20O2. The molecule has 0 bridgehead atoms. The SMILES string of the molecule is CC(C)(C)[C@@H]1CC[C@H](C#CCO)OC1. The maximum atomic E-state index is 8.55. The lowest BCUT2D eigenvalue weighted by atomic mass is 9.77. The molecule has 1 saturated heterocycles. The Morgan fingerprint density at radius 1 is 1.36 bits per heavy atom. The van der Waals surface area contributed by atoms with Crippen LogP contribution in [-0.2, 0) is 4.74 Å². The molecule has 2 atom stereocenters. The van der Waals surface area contributed by atoms with Crippen molar-refractivity contribution in [1.82, 2.24) is 0 Å². The summed E-state index contributed by atoms with van der Waals surface area (Å²) in [6.45, 7) is 7.49. The van der Waals surface area contributed by atoms with Crippen LogP contribution in [0.25, 0.3) is 0 Å². The molecule has 1 fully saturated rings.